The predicted octanol–water partition coefficient (Wildman–Crippen LogP) is 1.09. The minimum absolute atomic E-state index is 0.00812. The number of carbonyl (C=O) groups excluding carboxylic acids is 1. The number of carbonyl (C=O) groups is 1. The number of amides is 1. The van der Waals surface area contributed by atoms with E-state index < -0.39 is 0 Å². The van der Waals surface area contributed by atoms with Crippen molar-refractivity contribution in [3.63, 3.8) is 0 Å². The van der Waals surface area contributed by atoms with Crippen LogP contribution in [0.4, 0.5) is 0 Å². The maximum Gasteiger partial charge on any atom is 0.255 e. The summed E-state index contributed by atoms with van der Waals surface area (Å²) in [6.07, 6.45) is 3.86. The van der Waals surface area contributed by atoms with E-state index in [9.17, 15) is 4.79 Å². The van der Waals surface area contributed by atoms with Gasteiger partial charge in [-0.3, -0.25) is 4.79 Å². The van der Waals surface area contributed by atoms with E-state index in [1.54, 1.807) is 0 Å². The summed E-state index contributed by atoms with van der Waals surface area (Å²) in [5.74, 6) is -0.0961. The number of ether oxygens (including phenoxy) is 1. The summed E-state index contributed by atoms with van der Waals surface area (Å²) in [5.41, 5.74) is 2.19. The van der Waals surface area contributed by atoms with E-state index >= 15 is 0 Å². The average molecular weight is 302 g/mol. The van der Waals surface area contributed by atoms with Gasteiger partial charge in [0.15, 0.2) is 0 Å². The van der Waals surface area contributed by atoms with E-state index in [4.69, 9.17) is 4.74 Å². The molecule has 2 atom stereocenters. The number of likely N-dealkylation sites (tertiary alicyclic amines) is 1. The van der Waals surface area contributed by atoms with E-state index in [1.165, 1.54) is 0 Å². The lowest BCUT2D eigenvalue weighted by Crippen LogP contribution is -2.44. The van der Waals surface area contributed by atoms with Crippen LogP contribution in [0.15, 0.2) is 24.5 Å². The van der Waals surface area contributed by atoms with E-state index in [1.807, 2.05) is 49.8 Å². The van der Waals surface area contributed by atoms with Gasteiger partial charge in [-0.2, -0.15) is 0 Å². The number of imidazole rings is 1. The number of likely N-dealkylation sites (N-methyl/N-ethyl adjacent to an activating group) is 1. The van der Waals surface area contributed by atoms with Gasteiger partial charge in [-0.25, -0.2) is 4.98 Å². The maximum absolute atomic E-state index is 12.6. The molecule has 22 heavy (non-hydrogen) atoms. The lowest BCUT2D eigenvalue weighted by Gasteiger charge is -2.19. The fourth-order valence-corrected chi connectivity index (χ4v) is 3.04. The number of nitrogens with zero attached hydrogens (tertiary/aromatic N) is 3. The standard InChI is InChI=1S/C16H22N4O2/c1-4-22-14-10-19(3)9-13(14)18-16(21)12-6-5-7-20-8-11(2)17-15(12)20/h5-8,13-14H,4,9-10H2,1-3H3,(H,18,21)/t13-,14-/m1/s1. The molecule has 3 rings (SSSR count). The monoisotopic (exact) mass is 302 g/mol. The molecule has 3 heterocycles. The normalized spacial score (nSPS) is 22.3. The van der Waals surface area contributed by atoms with E-state index in [0.29, 0.717) is 17.8 Å². The largest absolute Gasteiger partial charge is 0.375 e. The highest BCUT2D eigenvalue weighted by molar-refractivity contribution is 6.00. The minimum atomic E-state index is -0.0961. The van der Waals surface area contributed by atoms with Crippen LogP contribution in [0.25, 0.3) is 5.65 Å². The summed E-state index contributed by atoms with van der Waals surface area (Å²) in [6.45, 7) is 6.19. The van der Waals surface area contributed by atoms with E-state index in [0.717, 1.165) is 18.8 Å². The molecule has 1 N–H and O–H groups in total. The molecule has 0 bridgehead atoms. The van der Waals surface area contributed by atoms with Crippen LogP contribution in [-0.2, 0) is 4.74 Å². The number of fused-ring (bicyclic) bond motifs is 1. The third-order valence-electron chi connectivity index (χ3n) is 3.99. The van der Waals surface area contributed by atoms with Crippen LogP contribution in [0.2, 0.25) is 0 Å². The average Bonchev–Trinajstić information content (AvgIpc) is 3.00. The zero-order chi connectivity index (χ0) is 15.7. The van der Waals surface area contributed by atoms with Crippen molar-refractivity contribution >= 4 is 11.6 Å². The highest BCUT2D eigenvalue weighted by Crippen LogP contribution is 2.15. The molecule has 1 aliphatic heterocycles. The molecule has 1 amide bonds. The number of rotatable bonds is 4. The molecule has 1 aliphatic rings. The van der Waals surface area contributed by atoms with Crippen LogP contribution in [0, 0.1) is 6.92 Å². The van der Waals surface area contributed by atoms with Gasteiger partial charge in [0.2, 0.25) is 0 Å². The fraction of sp³-hybridized carbons (Fsp3) is 0.500. The van der Waals surface area contributed by atoms with Crippen molar-refractivity contribution in [3.8, 4) is 0 Å². The fourth-order valence-electron chi connectivity index (χ4n) is 3.04. The van der Waals surface area contributed by atoms with Crippen LogP contribution < -0.4 is 5.32 Å². The number of aryl methyl sites for hydroxylation is 1. The van der Waals surface area contributed by atoms with Gasteiger partial charge in [0.25, 0.3) is 5.91 Å². The third-order valence-corrected chi connectivity index (χ3v) is 3.99. The quantitative estimate of drug-likeness (QED) is 0.918. The van der Waals surface area contributed by atoms with Gasteiger partial charge in [0.05, 0.1) is 23.4 Å². The van der Waals surface area contributed by atoms with Crippen LogP contribution in [0.5, 0.6) is 0 Å². The Balaban J connectivity index is 1.81. The first kappa shape index (κ1) is 15.0. The summed E-state index contributed by atoms with van der Waals surface area (Å²) < 4.78 is 7.62. The zero-order valence-electron chi connectivity index (χ0n) is 13.2. The molecule has 6 nitrogen and oxygen atoms in total. The Morgan fingerprint density at radius 1 is 1.50 bits per heavy atom. The Bertz CT molecular complexity index is 682. The molecule has 0 spiro atoms. The first-order chi connectivity index (χ1) is 10.6. The molecular formula is C16H22N4O2. The minimum Gasteiger partial charge on any atom is -0.375 e. The van der Waals surface area contributed by atoms with Crippen LogP contribution in [-0.4, -0.2) is 59.1 Å². The molecule has 2 aromatic rings. The predicted molar refractivity (Wildman–Crippen MR) is 84.1 cm³/mol. The first-order valence-electron chi connectivity index (χ1n) is 7.64. The SMILES string of the molecule is CCO[C@@H]1CN(C)C[C@H]1NC(=O)c1cccn2cc(C)nc12. The highest BCUT2D eigenvalue weighted by atomic mass is 16.5. The molecule has 1 fully saturated rings. The summed E-state index contributed by atoms with van der Waals surface area (Å²) in [6, 6.07) is 3.68. The second-order valence-electron chi connectivity index (χ2n) is 5.83. The van der Waals surface area contributed by atoms with Crippen molar-refractivity contribution in [2.24, 2.45) is 0 Å². The van der Waals surface area contributed by atoms with Gasteiger partial charge in [-0.05, 0) is 33.0 Å². The topological polar surface area (TPSA) is 58.9 Å². The van der Waals surface area contributed by atoms with Crippen molar-refractivity contribution in [1.29, 1.82) is 0 Å². The molecule has 0 unspecified atom stereocenters. The lowest BCUT2D eigenvalue weighted by atomic mass is 10.2. The summed E-state index contributed by atoms with van der Waals surface area (Å²) in [7, 11) is 2.04. The Morgan fingerprint density at radius 3 is 3.09 bits per heavy atom. The number of nitrogens with one attached hydrogen (secondary N) is 1. The van der Waals surface area contributed by atoms with Crippen LogP contribution in [0.1, 0.15) is 23.0 Å². The molecule has 0 radical (unpaired) electrons. The molecular weight excluding hydrogens is 280 g/mol. The number of hydrogen-bond donors (Lipinski definition) is 1. The van der Waals surface area contributed by atoms with Gasteiger partial charge in [-0.1, -0.05) is 0 Å². The molecule has 2 aromatic heterocycles. The molecule has 0 aromatic carbocycles. The Hall–Kier alpha value is -1.92. The Kier molecular flexibility index (Phi) is 4.13. The van der Waals surface area contributed by atoms with Crippen molar-refractivity contribution in [2.45, 2.75) is 26.0 Å². The third kappa shape index (κ3) is 2.84. The van der Waals surface area contributed by atoms with E-state index in [2.05, 4.69) is 15.2 Å². The van der Waals surface area contributed by atoms with Gasteiger partial charge >= 0.3 is 0 Å². The van der Waals surface area contributed by atoms with Crippen molar-refractivity contribution in [1.82, 2.24) is 19.6 Å². The molecule has 0 aliphatic carbocycles. The maximum atomic E-state index is 12.6. The molecule has 0 saturated carbocycles. The lowest BCUT2D eigenvalue weighted by molar-refractivity contribution is 0.0513. The highest BCUT2D eigenvalue weighted by Gasteiger charge is 2.33. The Labute approximate surface area is 130 Å². The van der Waals surface area contributed by atoms with Gasteiger partial charge < -0.3 is 19.4 Å². The number of hydrogen-bond acceptors (Lipinski definition) is 4. The second kappa shape index (κ2) is 6.06. The number of pyridine rings is 1. The van der Waals surface area contributed by atoms with Crippen LogP contribution in [0.3, 0.4) is 0 Å². The van der Waals surface area contributed by atoms with E-state index in [-0.39, 0.29) is 18.1 Å². The summed E-state index contributed by atoms with van der Waals surface area (Å²) >= 11 is 0. The van der Waals surface area contributed by atoms with Gasteiger partial charge in [0, 0.05) is 32.1 Å². The zero-order valence-corrected chi connectivity index (χ0v) is 13.2. The van der Waals surface area contributed by atoms with Crippen molar-refractivity contribution in [3.05, 3.63) is 35.8 Å². The Morgan fingerprint density at radius 2 is 2.32 bits per heavy atom. The van der Waals surface area contributed by atoms with Gasteiger partial charge in [-0.15, -0.1) is 0 Å². The number of aromatic nitrogens is 2. The summed E-state index contributed by atoms with van der Waals surface area (Å²) in [4.78, 5) is 19.3. The molecule has 6 heteroatoms. The van der Waals surface area contributed by atoms with Crippen molar-refractivity contribution in [2.75, 3.05) is 26.7 Å². The smallest absolute Gasteiger partial charge is 0.255 e. The first-order valence-corrected chi connectivity index (χ1v) is 7.64. The van der Waals surface area contributed by atoms with Crippen LogP contribution >= 0.6 is 0 Å². The van der Waals surface area contributed by atoms with Gasteiger partial charge in [0.1, 0.15) is 5.65 Å². The second-order valence-corrected chi connectivity index (χ2v) is 5.83. The van der Waals surface area contributed by atoms with Crippen molar-refractivity contribution < 1.29 is 9.53 Å². The molecule has 1 saturated heterocycles. The molecule has 118 valence electrons. The summed E-state index contributed by atoms with van der Waals surface area (Å²) in [5, 5.41) is 3.10.